The van der Waals surface area contributed by atoms with Crippen molar-refractivity contribution in [1.29, 1.82) is 0 Å². The van der Waals surface area contributed by atoms with E-state index in [0.29, 0.717) is 35.9 Å². The quantitative estimate of drug-likeness (QED) is 0.345. The van der Waals surface area contributed by atoms with E-state index >= 15 is 0 Å². The zero-order valence-electron chi connectivity index (χ0n) is 11.4. The van der Waals surface area contributed by atoms with Gasteiger partial charge in [-0.1, -0.05) is 17.3 Å². The van der Waals surface area contributed by atoms with Crippen LogP contribution in [-0.2, 0) is 15.6 Å². The van der Waals surface area contributed by atoms with Crippen molar-refractivity contribution >= 4 is 22.5 Å². The van der Waals surface area contributed by atoms with Gasteiger partial charge in [-0.15, -0.1) is 0 Å². The normalized spacial score (nSPS) is 16.8. The van der Waals surface area contributed by atoms with Gasteiger partial charge in [0.1, 0.15) is 5.75 Å². The highest BCUT2D eigenvalue weighted by molar-refractivity contribution is 7.85. The highest BCUT2D eigenvalue weighted by Gasteiger charge is 2.20. The summed E-state index contributed by atoms with van der Waals surface area (Å²) < 4.78 is 16.7. The highest BCUT2D eigenvalue weighted by Crippen LogP contribution is 2.17. The third-order valence-corrected chi connectivity index (χ3v) is 4.43. The third-order valence-electron chi connectivity index (χ3n) is 3.15. The number of nitrogens with zero attached hydrogens (tertiary/aromatic N) is 2. The first kappa shape index (κ1) is 15.3. The van der Waals surface area contributed by atoms with Crippen molar-refractivity contribution in [2.75, 3.05) is 31.2 Å². The molecule has 1 aromatic rings. The van der Waals surface area contributed by atoms with Crippen LogP contribution >= 0.6 is 0 Å². The van der Waals surface area contributed by atoms with Gasteiger partial charge >= 0.3 is 0 Å². The van der Waals surface area contributed by atoms with Crippen LogP contribution in [0.25, 0.3) is 0 Å². The first-order valence-electron chi connectivity index (χ1n) is 6.44. The monoisotopic (exact) mass is 311 g/mol. The average molecular weight is 311 g/mol. The molecule has 2 rings (SSSR count). The number of carbonyl (C=O) groups excluding carboxylic acids is 1. The number of oxime groups is 1. The zero-order chi connectivity index (χ0) is 15.2. The van der Waals surface area contributed by atoms with Crippen molar-refractivity contribution in [3.8, 4) is 5.75 Å². The van der Waals surface area contributed by atoms with Crippen LogP contribution in [-0.4, -0.2) is 57.3 Å². The number of para-hydroxylation sites is 1. The Morgan fingerprint density at radius 2 is 2.05 bits per heavy atom. The molecule has 0 saturated carbocycles. The Bertz CT molecular complexity index is 566. The molecule has 21 heavy (non-hydrogen) atoms. The van der Waals surface area contributed by atoms with E-state index in [9.17, 15) is 9.00 Å². The molecule has 3 N–H and O–H groups in total. The molecule has 0 aliphatic carbocycles. The third kappa shape index (κ3) is 3.94. The molecule has 0 unspecified atom stereocenters. The van der Waals surface area contributed by atoms with Crippen molar-refractivity contribution in [3.05, 3.63) is 29.8 Å². The maximum absolute atomic E-state index is 12.0. The van der Waals surface area contributed by atoms with Gasteiger partial charge in [0.2, 0.25) is 0 Å². The van der Waals surface area contributed by atoms with Gasteiger partial charge in [-0.3, -0.25) is 9.00 Å². The van der Waals surface area contributed by atoms with Crippen LogP contribution in [0.5, 0.6) is 5.75 Å². The van der Waals surface area contributed by atoms with Gasteiger partial charge in [0.05, 0.1) is 5.56 Å². The molecule has 0 bridgehead atoms. The standard InChI is InChI=1S/C13H17N3O4S/c14-13(15-18)10-3-1-2-4-11(10)20-9-12(17)16-5-7-21(19)8-6-16/h1-4,18H,5-9H2,(H2,14,15). The summed E-state index contributed by atoms with van der Waals surface area (Å²) >= 11 is 0. The molecule has 114 valence electrons. The summed E-state index contributed by atoms with van der Waals surface area (Å²) in [5.74, 6) is 1.15. The minimum absolute atomic E-state index is 0.0774. The van der Waals surface area contributed by atoms with Crippen molar-refractivity contribution in [3.63, 3.8) is 0 Å². The fourth-order valence-electron chi connectivity index (χ4n) is 1.98. The topological polar surface area (TPSA) is 105 Å². The summed E-state index contributed by atoms with van der Waals surface area (Å²) in [5.41, 5.74) is 5.97. The molecule has 1 heterocycles. The predicted molar refractivity (Wildman–Crippen MR) is 78.9 cm³/mol. The molecule has 0 radical (unpaired) electrons. The van der Waals surface area contributed by atoms with E-state index < -0.39 is 10.8 Å². The maximum Gasteiger partial charge on any atom is 0.260 e. The number of carbonyl (C=O) groups is 1. The van der Waals surface area contributed by atoms with Crippen molar-refractivity contribution < 1.29 is 18.9 Å². The Morgan fingerprint density at radius 3 is 2.71 bits per heavy atom. The summed E-state index contributed by atoms with van der Waals surface area (Å²) in [7, 11) is -0.823. The Morgan fingerprint density at radius 1 is 1.38 bits per heavy atom. The molecular formula is C13H17N3O4S. The van der Waals surface area contributed by atoms with Gasteiger partial charge in [0.15, 0.2) is 12.4 Å². The minimum atomic E-state index is -0.823. The van der Waals surface area contributed by atoms with Crippen LogP contribution in [0.3, 0.4) is 0 Å². The van der Waals surface area contributed by atoms with E-state index in [1.807, 2.05) is 0 Å². The Kier molecular flexibility index (Phi) is 5.15. The lowest BCUT2D eigenvalue weighted by Crippen LogP contribution is -2.43. The predicted octanol–water partition coefficient (Wildman–Crippen LogP) is -0.249. The van der Waals surface area contributed by atoms with Crippen molar-refractivity contribution in [1.82, 2.24) is 4.90 Å². The SMILES string of the molecule is NC(=NO)c1ccccc1OCC(=O)N1CCS(=O)CC1. The maximum atomic E-state index is 12.0. The van der Waals surface area contributed by atoms with Crippen LogP contribution < -0.4 is 10.5 Å². The van der Waals surface area contributed by atoms with Gasteiger partial charge < -0.3 is 20.6 Å². The number of amidine groups is 1. The average Bonchev–Trinajstić information content (AvgIpc) is 2.52. The van der Waals surface area contributed by atoms with E-state index in [-0.39, 0.29) is 18.3 Å². The molecule has 1 aromatic carbocycles. The van der Waals surface area contributed by atoms with E-state index in [4.69, 9.17) is 15.7 Å². The van der Waals surface area contributed by atoms with Crippen LogP contribution in [0.4, 0.5) is 0 Å². The molecule has 8 heteroatoms. The molecule has 1 aliphatic heterocycles. The molecule has 1 fully saturated rings. The van der Waals surface area contributed by atoms with Crippen LogP contribution in [0.2, 0.25) is 0 Å². The molecule has 0 spiro atoms. The molecule has 1 amide bonds. The minimum Gasteiger partial charge on any atom is -0.483 e. The Balaban J connectivity index is 1.97. The number of rotatable bonds is 4. The van der Waals surface area contributed by atoms with Gasteiger partial charge in [-0.05, 0) is 12.1 Å². The second-order valence-electron chi connectivity index (χ2n) is 4.50. The number of amides is 1. The molecule has 0 atom stereocenters. The smallest absolute Gasteiger partial charge is 0.260 e. The summed E-state index contributed by atoms with van der Waals surface area (Å²) in [6.07, 6.45) is 0. The number of ether oxygens (including phenoxy) is 1. The molecule has 0 aromatic heterocycles. The van der Waals surface area contributed by atoms with Gasteiger partial charge in [-0.2, -0.15) is 0 Å². The van der Waals surface area contributed by atoms with E-state index in [2.05, 4.69) is 5.16 Å². The lowest BCUT2D eigenvalue weighted by Gasteiger charge is -2.26. The number of nitrogens with two attached hydrogens (primary N) is 1. The largest absolute Gasteiger partial charge is 0.483 e. The van der Waals surface area contributed by atoms with Crippen LogP contribution in [0, 0.1) is 0 Å². The summed E-state index contributed by atoms with van der Waals surface area (Å²) in [6, 6.07) is 6.74. The van der Waals surface area contributed by atoms with Gasteiger partial charge in [0.25, 0.3) is 5.91 Å². The van der Waals surface area contributed by atoms with Crippen LogP contribution in [0.15, 0.2) is 29.4 Å². The second kappa shape index (κ2) is 7.07. The fraction of sp³-hybridized carbons (Fsp3) is 0.385. The summed E-state index contributed by atoms with van der Waals surface area (Å²) in [4.78, 5) is 13.7. The fourth-order valence-corrected chi connectivity index (χ4v) is 3.03. The Labute approximate surface area is 124 Å². The molecule has 1 saturated heterocycles. The van der Waals surface area contributed by atoms with E-state index in [0.717, 1.165) is 0 Å². The first-order valence-corrected chi connectivity index (χ1v) is 7.93. The van der Waals surface area contributed by atoms with Gasteiger partial charge in [-0.25, -0.2) is 0 Å². The van der Waals surface area contributed by atoms with Crippen LogP contribution in [0.1, 0.15) is 5.56 Å². The zero-order valence-corrected chi connectivity index (χ0v) is 12.2. The van der Waals surface area contributed by atoms with Crippen molar-refractivity contribution in [2.45, 2.75) is 0 Å². The summed E-state index contributed by atoms with van der Waals surface area (Å²) in [6.45, 7) is 0.829. The number of benzene rings is 1. The Hall–Kier alpha value is -2.09. The van der Waals surface area contributed by atoms with E-state index in [1.54, 1.807) is 29.2 Å². The van der Waals surface area contributed by atoms with E-state index in [1.165, 1.54) is 0 Å². The molecular weight excluding hydrogens is 294 g/mol. The molecule has 7 nitrogen and oxygen atoms in total. The number of hydrogen-bond acceptors (Lipinski definition) is 5. The summed E-state index contributed by atoms with van der Waals surface area (Å²) in [5, 5.41) is 11.7. The van der Waals surface area contributed by atoms with Crippen molar-refractivity contribution in [2.24, 2.45) is 10.9 Å². The second-order valence-corrected chi connectivity index (χ2v) is 6.20. The first-order chi connectivity index (χ1) is 10.1. The lowest BCUT2D eigenvalue weighted by molar-refractivity contribution is -0.133. The number of hydrogen-bond donors (Lipinski definition) is 2. The highest BCUT2D eigenvalue weighted by atomic mass is 32.2. The lowest BCUT2D eigenvalue weighted by atomic mass is 10.2. The van der Waals surface area contributed by atoms with Gasteiger partial charge in [0, 0.05) is 35.4 Å². The molecule has 1 aliphatic rings.